The van der Waals surface area contributed by atoms with E-state index in [0.29, 0.717) is 11.3 Å². The van der Waals surface area contributed by atoms with Crippen molar-refractivity contribution in [2.24, 2.45) is 4.99 Å². The van der Waals surface area contributed by atoms with E-state index in [9.17, 15) is 13.5 Å². The molecule has 20 heavy (non-hydrogen) atoms. The highest BCUT2D eigenvalue weighted by Crippen LogP contribution is 2.22. The fraction of sp³-hybridized carbons (Fsp3) is 0. The van der Waals surface area contributed by atoms with E-state index in [4.69, 9.17) is 9.66 Å². The molecule has 0 aromatic heterocycles. The third kappa shape index (κ3) is 3.34. The van der Waals surface area contributed by atoms with E-state index in [1.807, 2.05) is 0 Å². The van der Waals surface area contributed by atoms with E-state index in [-0.39, 0.29) is 16.4 Å². The van der Waals surface area contributed by atoms with Crippen LogP contribution in [0.1, 0.15) is 5.56 Å². The minimum atomic E-state index is -4.22. The summed E-state index contributed by atoms with van der Waals surface area (Å²) >= 11 is 0. The van der Waals surface area contributed by atoms with E-state index in [2.05, 4.69) is 4.99 Å². The Morgan fingerprint density at radius 1 is 1.00 bits per heavy atom. The number of phenolic OH excluding ortho intramolecular Hbond substituents is 2. The van der Waals surface area contributed by atoms with Crippen molar-refractivity contribution in [3.8, 4) is 11.5 Å². The number of aromatic hydroxyl groups is 2. The van der Waals surface area contributed by atoms with Crippen molar-refractivity contribution in [3.63, 3.8) is 0 Å². The molecule has 0 radical (unpaired) electrons. The van der Waals surface area contributed by atoms with Crippen LogP contribution in [0, 0.1) is 0 Å². The molecule has 0 spiro atoms. The Morgan fingerprint density at radius 3 is 2.20 bits per heavy atom. The van der Waals surface area contributed by atoms with E-state index in [1.54, 1.807) is 0 Å². The first kappa shape index (κ1) is 14.0. The summed E-state index contributed by atoms with van der Waals surface area (Å²) in [6.07, 6.45) is 1.37. The number of hydrogen-bond acceptors (Lipinski definition) is 5. The second-order valence-corrected chi connectivity index (χ2v) is 5.39. The average Bonchev–Trinajstić information content (AvgIpc) is 2.37. The smallest absolute Gasteiger partial charge is 0.294 e. The van der Waals surface area contributed by atoms with E-state index < -0.39 is 10.1 Å². The van der Waals surface area contributed by atoms with Gasteiger partial charge in [-0.05, 0) is 36.4 Å². The summed E-state index contributed by atoms with van der Waals surface area (Å²) in [4.78, 5) is 3.83. The highest BCUT2D eigenvalue weighted by atomic mass is 32.2. The molecule has 6 nitrogen and oxygen atoms in total. The highest BCUT2D eigenvalue weighted by Gasteiger charge is 2.07. The topological polar surface area (TPSA) is 107 Å². The third-order valence-electron chi connectivity index (χ3n) is 2.50. The maximum Gasteiger partial charge on any atom is 0.294 e. The molecule has 7 heteroatoms. The maximum atomic E-state index is 10.9. The SMILES string of the molecule is O=S(=O)(O)c1ccc(/N=C\c2ccc(O)cc2O)cc1. The Kier molecular flexibility index (Phi) is 3.73. The molecule has 0 heterocycles. The first-order chi connectivity index (χ1) is 9.36. The predicted molar refractivity (Wildman–Crippen MR) is 73.3 cm³/mol. The summed E-state index contributed by atoms with van der Waals surface area (Å²) in [6.45, 7) is 0. The van der Waals surface area contributed by atoms with Gasteiger partial charge in [-0.1, -0.05) is 0 Å². The summed E-state index contributed by atoms with van der Waals surface area (Å²) in [7, 11) is -4.22. The normalized spacial score (nSPS) is 11.8. The monoisotopic (exact) mass is 293 g/mol. The lowest BCUT2D eigenvalue weighted by atomic mass is 10.2. The molecule has 0 amide bonds. The van der Waals surface area contributed by atoms with E-state index >= 15 is 0 Å². The zero-order valence-corrected chi connectivity index (χ0v) is 10.9. The summed E-state index contributed by atoms with van der Waals surface area (Å²) in [5.74, 6) is -0.180. The quantitative estimate of drug-likeness (QED) is 0.593. The molecule has 3 N–H and O–H groups in total. The predicted octanol–water partition coefficient (Wildman–Crippen LogP) is 2.10. The lowest BCUT2D eigenvalue weighted by molar-refractivity contribution is 0.450. The molecule has 104 valence electrons. The van der Waals surface area contributed by atoms with Gasteiger partial charge in [-0.25, -0.2) is 0 Å². The van der Waals surface area contributed by atoms with Crippen molar-refractivity contribution >= 4 is 22.0 Å². The number of aliphatic imine (C=N–C) groups is 1. The van der Waals surface area contributed by atoms with Gasteiger partial charge >= 0.3 is 0 Å². The van der Waals surface area contributed by atoms with Crippen LogP contribution in [0.5, 0.6) is 11.5 Å². The van der Waals surface area contributed by atoms with Gasteiger partial charge in [0.05, 0.1) is 10.6 Å². The number of nitrogens with zero attached hydrogens (tertiary/aromatic N) is 1. The minimum absolute atomic E-state index is 0.0582. The van der Waals surface area contributed by atoms with Gasteiger partial charge in [0, 0.05) is 17.8 Å². The van der Waals surface area contributed by atoms with Crippen LogP contribution >= 0.6 is 0 Å². The Balaban J connectivity index is 2.24. The van der Waals surface area contributed by atoms with Crippen LogP contribution in [0.3, 0.4) is 0 Å². The van der Waals surface area contributed by atoms with Crippen molar-refractivity contribution in [2.45, 2.75) is 4.90 Å². The summed E-state index contributed by atoms with van der Waals surface area (Å²) < 4.78 is 30.5. The number of hydrogen-bond donors (Lipinski definition) is 3. The van der Waals surface area contributed by atoms with Crippen molar-refractivity contribution in [2.75, 3.05) is 0 Å². The fourth-order valence-corrected chi connectivity index (χ4v) is 1.97. The second-order valence-electron chi connectivity index (χ2n) is 3.97. The average molecular weight is 293 g/mol. The first-order valence-corrected chi connectivity index (χ1v) is 6.94. The number of rotatable bonds is 3. The number of phenols is 2. The van der Waals surface area contributed by atoms with Crippen LogP contribution in [0.2, 0.25) is 0 Å². The molecule has 0 aliphatic carbocycles. The molecule has 0 atom stereocenters. The Bertz CT molecular complexity index is 751. The van der Waals surface area contributed by atoms with E-state index in [1.165, 1.54) is 48.7 Å². The maximum absolute atomic E-state index is 10.9. The van der Waals surface area contributed by atoms with Gasteiger partial charge in [-0.3, -0.25) is 9.55 Å². The van der Waals surface area contributed by atoms with Crippen LogP contribution < -0.4 is 0 Å². The van der Waals surface area contributed by atoms with Gasteiger partial charge < -0.3 is 10.2 Å². The summed E-state index contributed by atoms with van der Waals surface area (Å²) in [6, 6.07) is 9.34. The van der Waals surface area contributed by atoms with Crippen molar-refractivity contribution in [3.05, 3.63) is 48.0 Å². The van der Waals surface area contributed by atoms with Crippen molar-refractivity contribution < 1.29 is 23.2 Å². The van der Waals surface area contributed by atoms with Gasteiger partial charge in [0.15, 0.2) is 0 Å². The molecule has 0 saturated heterocycles. The Morgan fingerprint density at radius 2 is 1.65 bits per heavy atom. The molecular formula is C13H11NO5S. The summed E-state index contributed by atoms with van der Waals surface area (Å²) in [5.41, 5.74) is 0.853. The Labute approximate surface area is 115 Å². The zero-order chi connectivity index (χ0) is 14.8. The molecule has 0 aliphatic rings. The molecule has 0 aliphatic heterocycles. The molecular weight excluding hydrogens is 282 g/mol. The summed E-state index contributed by atoms with van der Waals surface area (Å²) in [5, 5.41) is 18.7. The van der Waals surface area contributed by atoms with Gasteiger partial charge in [0.2, 0.25) is 0 Å². The molecule has 2 rings (SSSR count). The second kappa shape index (κ2) is 5.32. The molecule has 2 aromatic carbocycles. The van der Waals surface area contributed by atoms with E-state index in [0.717, 1.165) is 0 Å². The number of benzene rings is 2. The molecule has 0 unspecified atom stereocenters. The van der Waals surface area contributed by atoms with Gasteiger partial charge in [-0.2, -0.15) is 8.42 Å². The molecule has 0 bridgehead atoms. The lowest BCUT2D eigenvalue weighted by Gasteiger charge is -2.00. The fourth-order valence-electron chi connectivity index (χ4n) is 1.49. The largest absolute Gasteiger partial charge is 0.508 e. The van der Waals surface area contributed by atoms with Crippen molar-refractivity contribution in [1.82, 2.24) is 0 Å². The van der Waals surface area contributed by atoms with Gasteiger partial charge in [0.25, 0.3) is 10.1 Å². The highest BCUT2D eigenvalue weighted by molar-refractivity contribution is 7.85. The first-order valence-electron chi connectivity index (χ1n) is 5.50. The van der Waals surface area contributed by atoms with Crippen LogP contribution in [-0.2, 0) is 10.1 Å². The van der Waals surface area contributed by atoms with Crippen molar-refractivity contribution in [1.29, 1.82) is 0 Å². The zero-order valence-electron chi connectivity index (χ0n) is 10.1. The van der Waals surface area contributed by atoms with Gasteiger partial charge in [-0.15, -0.1) is 0 Å². The minimum Gasteiger partial charge on any atom is -0.508 e. The van der Waals surface area contributed by atoms with Crippen LogP contribution in [-0.4, -0.2) is 29.4 Å². The van der Waals surface area contributed by atoms with Gasteiger partial charge in [0.1, 0.15) is 11.5 Å². The molecule has 0 saturated carbocycles. The van der Waals surface area contributed by atoms with Crippen LogP contribution in [0.4, 0.5) is 5.69 Å². The molecule has 2 aromatic rings. The lowest BCUT2D eigenvalue weighted by Crippen LogP contribution is -1.96. The molecule has 0 fully saturated rings. The Hall–Kier alpha value is -2.38. The third-order valence-corrected chi connectivity index (χ3v) is 3.37. The van der Waals surface area contributed by atoms with Crippen LogP contribution in [0.25, 0.3) is 0 Å². The standard InChI is InChI=1S/C13H11NO5S/c15-11-4-1-9(13(16)7-11)8-14-10-2-5-12(6-3-10)20(17,18)19/h1-8,15-16H,(H,17,18,19)/b14-8-. The van der Waals surface area contributed by atoms with Crippen LogP contribution in [0.15, 0.2) is 52.4 Å².